The van der Waals surface area contributed by atoms with Crippen molar-refractivity contribution in [2.75, 3.05) is 11.9 Å². The molecule has 1 aromatic carbocycles. The van der Waals surface area contributed by atoms with Crippen LogP contribution in [0.2, 0.25) is 0 Å². The lowest BCUT2D eigenvalue weighted by Gasteiger charge is -2.16. The molecule has 3 heteroatoms. The van der Waals surface area contributed by atoms with E-state index in [1.165, 1.54) is 18.1 Å². The molecular weight excluding hydrogens is 212 g/mol. The lowest BCUT2D eigenvalue weighted by Crippen LogP contribution is -2.21. The SMILES string of the molecule is CC(=O)Nc1ccc2c(c1)CN(CC(C)C)C2. The van der Waals surface area contributed by atoms with Gasteiger partial charge < -0.3 is 5.32 Å². The maximum Gasteiger partial charge on any atom is 0.221 e. The largest absolute Gasteiger partial charge is 0.326 e. The smallest absolute Gasteiger partial charge is 0.221 e. The fourth-order valence-corrected chi connectivity index (χ4v) is 2.39. The van der Waals surface area contributed by atoms with Crippen LogP contribution in [-0.4, -0.2) is 17.4 Å². The Morgan fingerprint density at radius 1 is 1.35 bits per heavy atom. The van der Waals surface area contributed by atoms with Crippen LogP contribution < -0.4 is 5.32 Å². The van der Waals surface area contributed by atoms with Crippen LogP contribution >= 0.6 is 0 Å². The fourth-order valence-electron chi connectivity index (χ4n) is 2.39. The van der Waals surface area contributed by atoms with Crippen LogP contribution in [0, 0.1) is 5.92 Å². The highest BCUT2D eigenvalue weighted by Crippen LogP contribution is 2.26. The first-order valence-corrected chi connectivity index (χ1v) is 6.16. The molecule has 0 fully saturated rings. The van der Waals surface area contributed by atoms with Gasteiger partial charge in [0, 0.05) is 32.2 Å². The van der Waals surface area contributed by atoms with Crippen molar-refractivity contribution in [1.82, 2.24) is 4.90 Å². The van der Waals surface area contributed by atoms with Crippen molar-refractivity contribution in [3.8, 4) is 0 Å². The van der Waals surface area contributed by atoms with Gasteiger partial charge in [-0.3, -0.25) is 9.69 Å². The Morgan fingerprint density at radius 3 is 2.71 bits per heavy atom. The first kappa shape index (κ1) is 12.1. The third-order valence-corrected chi connectivity index (χ3v) is 2.94. The zero-order valence-electron chi connectivity index (χ0n) is 10.8. The number of rotatable bonds is 3. The van der Waals surface area contributed by atoms with Crippen molar-refractivity contribution in [2.24, 2.45) is 5.92 Å². The van der Waals surface area contributed by atoms with Gasteiger partial charge in [-0.2, -0.15) is 0 Å². The normalized spacial score (nSPS) is 15.1. The van der Waals surface area contributed by atoms with Gasteiger partial charge in [-0.15, -0.1) is 0 Å². The average molecular weight is 232 g/mol. The number of hydrogen-bond donors (Lipinski definition) is 1. The minimum Gasteiger partial charge on any atom is -0.326 e. The lowest BCUT2D eigenvalue weighted by molar-refractivity contribution is -0.114. The summed E-state index contributed by atoms with van der Waals surface area (Å²) in [6.07, 6.45) is 0. The monoisotopic (exact) mass is 232 g/mol. The van der Waals surface area contributed by atoms with Gasteiger partial charge in [0.15, 0.2) is 0 Å². The molecule has 1 amide bonds. The second-order valence-corrected chi connectivity index (χ2v) is 5.23. The molecule has 3 nitrogen and oxygen atoms in total. The highest BCUT2D eigenvalue weighted by molar-refractivity contribution is 5.88. The summed E-state index contributed by atoms with van der Waals surface area (Å²) in [5.41, 5.74) is 3.64. The summed E-state index contributed by atoms with van der Waals surface area (Å²) in [5.74, 6) is 0.682. The highest BCUT2D eigenvalue weighted by Gasteiger charge is 2.19. The Bertz CT molecular complexity index is 426. The van der Waals surface area contributed by atoms with E-state index < -0.39 is 0 Å². The summed E-state index contributed by atoms with van der Waals surface area (Å²) in [6.45, 7) is 9.19. The number of fused-ring (bicyclic) bond motifs is 1. The zero-order valence-corrected chi connectivity index (χ0v) is 10.8. The van der Waals surface area contributed by atoms with Gasteiger partial charge in [0.2, 0.25) is 5.91 Å². The number of hydrogen-bond acceptors (Lipinski definition) is 2. The van der Waals surface area contributed by atoms with Crippen LogP contribution in [0.15, 0.2) is 18.2 Å². The third-order valence-electron chi connectivity index (χ3n) is 2.94. The first-order valence-electron chi connectivity index (χ1n) is 6.16. The maximum atomic E-state index is 11.0. The highest BCUT2D eigenvalue weighted by atomic mass is 16.1. The van der Waals surface area contributed by atoms with Crippen LogP contribution in [0.3, 0.4) is 0 Å². The van der Waals surface area contributed by atoms with Crippen molar-refractivity contribution < 1.29 is 4.79 Å². The van der Waals surface area contributed by atoms with E-state index >= 15 is 0 Å². The molecule has 92 valence electrons. The Kier molecular flexibility index (Phi) is 3.48. The summed E-state index contributed by atoms with van der Waals surface area (Å²) in [7, 11) is 0. The molecule has 0 radical (unpaired) electrons. The number of anilines is 1. The predicted molar refractivity (Wildman–Crippen MR) is 69.7 cm³/mol. The number of carbonyl (C=O) groups excluding carboxylic acids is 1. The van der Waals surface area contributed by atoms with Gasteiger partial charge in [-0.1, -0.05) is 19.9 Å². The standard InChI is InChI=1S/C14H20N2O/c1-10(2)7-16-8-12-4-5-14(15-11(3)17)6-13(12)9-16/h4-6,10H,7-9H2,1-3H3,(H,15,17). The van der Waals surface area contributed by atoms with Gasteiger partial charge in [-0.05, 0) is 29.2 Å². The molecule has 0 aromatic heterocycles. The number of benzene rings is 1. The van der Waals surface area contributed by atoms with Crippen molar-refractivity contribution in [3.63, 3.8) is 0 Å². The second-order valence-electron chi connectivity index (χ2n) is 5.23. The molecule has 0 bridgehead atoms. The Labute approximate surface area is 103 Å². The van der Waals surface area contributed by atoms with E-state index in [-0.39, 0.29) is 5.91 Å². The predicted octanol–water partition coefficient (Wildman–Crippen LogP) is 2.62. The lowest BCUT2D eigenvalue weighted by atomic mass is 10.1. The van der Waals surface area contributed by atoms with Crippen molar-refractivity contribution in [2.45, 2.75) is 33.9 Å². The van der Waals surface area contributed by atoms with Gasteiger partial charge in [0.25, 0.3) is 0 Å². The van der Waals surface area contributed by atoms with Gasteiger partial charge >= 0.3 is 0 Å². The summed E-state index contributed by atoms with van der Waals surface area (Å²) < 4.78 is 0. The van der Waals surface area contributed by atoms with Gasteiger partial charge in [-0.25, -0.2) is 0 Å². The average Bonchev–Trinajstić information content (AvgIpc) is 2.56. The van der Waals surface area contributed by atoms with Crippen LogP contribution in [0.4, 0.5) is 5.69 Å². The molecule has 0 atom stereocenters. The van der Waals surface area contributed by atoms with E-state index in [4.69, 9.17) is 0 Å². The van der Waals surface area contributed by atoms with Gasteiger partial charge in [0.05, 0.1) is 0 Å². The van der Waals surface area contributed by atoms with Gasteiger partial charge in [0.1, 0.15) is 0 Å². The Morgan fingerprint density at radius 2 is 2.06 bits per heavy atom. The van der Waals surface area contributed by atoms with E-state index in [1.807, 2.05) is 6.07 Å². The molecule has 0 aliphatic carbocycles. The third kappa shape index (κ3) is 3.07. The molecule has 0 saturated heterocycles. The summed E-state index contributed by atoms with van der Waals surface area (Å²) >= 11 is 0. The number of nitrogens with one attached hydrogen (secondary N) is 1. The maximum absolute atomic E-state index is 11.0. The molecule has 1 aliphatic rings. The number of nitrogens with zero attached hydrogens (tertiary/aromatic N) is 1. The second kappa shape index (κ2) is 4.88. The van der Waals surface area contributed by atoms with E-state index in [2.05, 4.69) is 36.2 Å². The summed E-state index contributed by atoms with van der Waals surface area (Å²) in [5, 5.41) is 2.83. The van der Waals surface area contributed by atoms with E-state index in [0.29, 0.717) is 5.92 Å². The van der Waals surface area contributed by atoms with Crippen molar-refractivity contribution in [1.29, 1.82) is 0 Å². The molecule has 1 N–H and O–H groups in total. The van der Waals surface area contributed by atoms with E-state index in [0.717, 1.165) is 25.3 Å². The fraction of sp³-hybridized carbons (Fsp3) is 0.500. The van der Waals surface area contributed by atoms with Crippen LogP contribution in [0.25, 0.3) is 0 Å². The minimum absolute atomic E-state index is 0.0121. The zero-order chi connectivity index (χ0) is 12.4. The van der Waals surface area contributed by atoms with Crippen molar-refractivity contribution >= 4 is 11.6 Å². The van der Waals surface area contributed by atoms with Crippen LogP contribution in [0.1, 0.15) is 31.9 Å². The van der Waals surface area contributed by atoms with Crippen molar-refractivity contribution in [3.05, 3.63) is 29.3 Å². The molecule has 1 heterocycles. The van der Waals surface area contributed by atoms with Crippen LogP contribution in [0.5, 0.6) is 0 Å². The topological polar surface area (TPSA) is 32.3 Å². The summed E-state index contributed by atoms with van der Waals surface area (Å²) in [6, 6.07) is 6.21. The van der Waals surface area contributed by atoms with E-state index in [1.54, 1.807) is 0 Å². The van der Waals surface area contributed by atoms with E-state index in [9.17, 15) is 4.79 Å². The Balaban J connectivity index is 2.08. The molecule has 1 aromatic rings. The molecular formula is C14H20N2O. The Hall–Kier alpha value is -1.35. The first-order chi connectivity index (χ1) is 8.04. The molecule has 0 unspecified atom stereocenters. The summed E-state index contributed by atoms with van der Waals surface area (Å²) in [4.78, 5) is 13.5. The number of amides is 1. The minimum atomic E-state index is -0.0121. The number of carbonyl (C=O) groups is 1. The molecule has 2 rings (SSSR count). The van der Waals surface area contributed by atoms with Crippen LogP contribution in [-0.2, 0) is 17.9 Å². The quantitative estimate of drug-likeness (QED) is 0.868. The molecule has 17 heavy (non-hydrogen) atoms. The molecule has 0 saturated carbocycles. The molecule has 1 aliphatic heterocycles. The molecule has 0 spiro atoms.